The molecule has 0 spiro atoms. The fraction of sp³-hybridized carbons (Fsp3) is 0.360. The van der Waals surface area contributed by atoms with Gasteiger partial charge < -0.3 is 14.7 Å². The highest BCUT2D eigenvalue weighted by Gasteiger charge is 2.23. The number of anilines is 2. The van der Waals surface area contributed by atoms with Crippen LogP contribution >= 0.6 is 11.6 Å². The van der Waals surface area contributed by atoms with Crippen molar-refractivity contribution in [2.75, 3.05) is 56.1 Å². The molecular weight excluding hydrogens is 397 g/mol. The van der Waals surface area contributed by atoms with E-state index in [1.807, 2.05) is 24.3 Å². The molecule has 2 aliphatic rings. The molecule has 0 bridgehead atoms. The number of piperazine rings is 1. The minimum absolute atomic E-state index is 0.122. The summed E-state index contributed by atoms with van der Waals surface area (Å²) in [4.78, 5) is 6.81. The second-order valence-corrected chi connectivity index (χ2v) is 8.56. The lowest BCUT2D eigenvalue weighted by Gasteiger charge is -2.36. The molecule has 0 atom stereocenters. The second-order valence-electron chi connectivity index (χ2n) is 8.13. The first kappa shape index (κ1) is 21.0. The molecule has 0 saturated carbocycles. The summed E-state index contributed by atoms with van der Waals surface area (Å²) in [5, 5.41) is 0.746. The van der Waals surface area contributed by atoms with Gasteiger partial charge in [-0.1, -0.05) is 42.0 Å². The maximum Gasteiger partial charge on any atom is 0.147 e. The smallest absolute Gasteiger partial charge is 0.147 e. The molecule has 0 aliphatic carbocycles. The van der Waals surface area contributed by atoms with E-state index in [0.29, 0.717) is 0 Å². The minimum Gasteiger partial charge on any atom is -0.367 e. The Morgan fingerprint density at radius 3 is 2.47 bits per heavy atom. The number of nitrogens with zero attached hydrogens (tertiary/aromatic N) is 3. The molecule has 30 heavy (non-hydrogen) atoms. The van der Waals surface area contributed by atoms with Crippen LogP contribution in [0.25, 0.3) is 12.2 Å². The molecule has 3 nitrogen and oxygen atoms in total. The Morgan fingerprint density at radius 1 is 1.03 bits per heavy atom. The lowest BCUT2D eigenvalue weighted by atomic mass is 9.98. The predicted octanol–water partition coefficient (Wildman–Crippen LogP) is 5.56. The van der Waals surface area contributed by atoms with Gasteiger partial charge >= 0.3 is 0 Å². The van der Waals surface area contributed by atoms with Crippen LogP contribution in [0.2, 0.25) is 5.02 Å². The first-order valence-electron chi connectivity index (χ1n) is 10.7. The molecule has 0 aromatic heterocycles. The van der Waals surface area contributed by atoms with E-state index in [9.17, 15) is 4.39 Å². The number of halogens is 2. The van der Waals surface area contributed by atoms with Gasteiger partial charge in [-0.3, -0.25) is 0 Å². The van der Waals surface area contributed by atoms with E-state index in [2.05, 4.69) is 53.0 Å². The summed E-state index contributed by atoms with van der Waals surface area (Å²) in [7, 11) is 2.12. The Bertz CT molecular complexity index is 944. The number of hydrogen-bond donors (Lipinski definition) is 0. The van der Waals surface area contributed by atoms with Gasteiger partial charge in [0, 0.05) is 55.5 Å². The molecule has 2 aromatic carbocycles. The Labute approximate surface area is 184 Å². The molecule has 0 radical (unpaired) electrons. The van der Waals surface area contributed by atoms with Crippen LogP contribution in [0.5, 0.6) is 0 Å². The number of likely N-dealkylation sites (N-methyl/N-ethyl adjacent to an activating group) is 2. The van der Waals surface area contributed by atoms with Crippen LogP contribution in [0, 0.1) is 5.82 Å². The van der Waals surface area contributed by atoms with Crippen LogP contribution in [-0.2, 0) is 0 Å². The van der Waals surface area contributed by atoms with Crippen LogP contribution < -0.4 is 9.80 Å². The standard InChI is InChI=1S/C25H29ClFN3/c1-3-29-18-20(6-4-5-19-7-9-22(26)10-8-19)15-21-16-23(27)25(17-24(21)29)30-13-11-28(2)12-14-30/h4-5,7-10,15-17H,3,6,11-14,18H2,1-2H3. The van der Waals surface area contributed by atoms with Gasteiger partial charge in [-0.15, -0.1) is 0 Å². The number of rotatable bonds is 5. The molecule has 2 aromatic rings. The molecule has 1 fully saturated rings. The number of hydrogen-bond acceptors (Lipinski definition) is 3. The van der Waals surface area contributed by atoms with E-state index in [4.69, 9.17) is 11.6 Å². The molecule has 0 unspecified atom stereocenters. The zero-order valence-electron chi connectivity index (χ0n) is 17.7. The highest BCUT2D eigenvalue weighted by Crippen LogP contribution is 2.35. The van der Waals surface area contributed by atoms with Gasteiger partial charge in [-0.25, -0.2) is 4.39 Å². The molecule has 2 aliphatic heterocycles. The van der Waals surface area contributed by atoms with E-state index in [0.717, 1.165) is 73.2 Å². The summed E-state index contributed by atoms with van der Waals surface area (Å²) in [6.07, 6.45) is 7.29. The van der Waals surface area contributed by atoms with Crippen LogP contribution in [0.3, 0.4) is 0 Å². The molecule has 1 saturated heterocycles. The van der Waals surface area contributed by atoms with Crippen LogP contribution in [0.4, 0.5) is 15.8 Å². The Kier molecular flexibility index (Phi) is 6.45. The van der Waals surface area contributed by atoms with Crippen molar-refractivity contribution in [3.05, 3.63) is 70.0 Å². The van der Waals surface area contributed by atoms with E-state index in [-0.39, 0.29) is 5.82 Å². The van der Waals surface area contributed by atoms with E-state index >= 15 is 0 Å². The average Bonchev–Trinajstić information content (AvgIpc) is 2.75. The van der Waals surface area contributed by atoms with Crippen molar-refractivity contribution < 1.29 is 4.39 Å². The van der Waals surface area contributed by atoms with Gasteiger partial charge in [0.05, 0.1) is 5.69 Å². The summed E-state index contributed by atoms with van der Waals surface area (Å²) >= 11 is 5.95. The van der Waals surface area contributed by atoms with E-state index < -0.39 is 0 Å². The van der Waals surface area contributed by atoms with Gasteiger partial charge in [0.25, 0.3) is 0 Å². The molecule has 158 valence electrons. The third-order valence-electron chi connectivity index (χ3n) is 5.98. The normalized spacial score (nSPS) is 17.4. The third-order valence-corrected chi connectivity index (χ3v) is 6.23. The summed E-state index contributed by atoms with van der Waals surface area (Å²) in [5.74, 6) is -0.122. The van der Waals surface area contributed by atoms with Gasteiger partial charge in [-0.2, -0.15) is 0 Å². The Morgan fingerprint density at radius 2 is 1.77 bits per heavy atom. The molecule has 4 rings (SSSR count). The molecule has 5 heteroatoms. The van der Waals surface area contributed by atoms with Gasteiger partial charge in [0.1, 0.15) is 5.82 Å². The summed E-state index contributed by atoms with van der Waals surface area (Å²) in [6.45, 7) is 7.62. The molecule has 0 amide bonds. The number of benzene rings is 2. The fourth-order valence-corrected chi connectivity index (χ4v) is 4.29. The SMILES string of the molecule is CCN1CC(CC=Cc2ccc(Cl)cc2)=Cc2cc(F)c(N3CCN(C)CC3)cc21. The molecule has 0 N–H and O–H groups in total. The number of allylic oxidation sites excluding steroid dienone is 1. The monoisotopic (exact) mass is 425 g/mol. The summed E-state index contributed by atoms with van der Waals surface area (Å²) in [6, 6.07) is 11.6. The van der Waals surface area contributed by atoms with Crippen molar-refractivity contribution in [1.29, 1.82) is 0 Å². The van der Waals surface area contributed by atoms with Crippen molar-refractivity contribution in [2.45, 2.75) is 13.3 Å². The van der Waals surface area contributed by atoms with Crippen molar-refractivity contribution in [2.24, 2.45) is 0 Å². The summed E-state index contributed by atoms with van der Waals surface area (Å²) in [5.41, 5.74) is 5.28. The average molecular weight is 426 g/mol. The topological polar surface area (TPSA) is 9.72 Å². The number of fused-ring (bicyclic) bond motifs is 1. The molecule has 2 heterocycles. The van der Waals surface area contributed by atoms with Crippen LogP contribution in [0.1, 0.15) is 24.5 Å². The summed E-state index contributed by atoms with van der Waals surface area (Å²) < 4.78 is 15.0. The first-order valence-corrected chi connectivity index (χ1v) is 11.0. The predicted molar refractivity (Wildman–Crippen MR) is 127 cm³/mol. The minimum atomic E-state index is -0.122. The molecular formula is C25H29ClFN3. The van der Waals surface area contributed by atoms with Crippen molar-refractivity contribution in [3.8, 4) is 0 Å². The van der Waals surface area contributed by atoms with E-state index in [1.54, 1.807) is 6.07 Å². The van der Waals surface area contributed by atoms with Gasteiger partial charge in [-0.05, 0) is 55.8 Å². The third kappa shape index (κ3) is 4.71. The zero-order chi connectivity index (χ0) is 21.1. The van der Waals surface area contributed by atoms with Crippen molar-refractivity contribution in [3.63, 3.8) is 0 Å². The second kappa shape index (κ2) is 9.23. The first-order chi connectivity index (χ1) is 14.5. The van der Waals surface area contributed by atoms with E-state index in [1.165, 1.54) is 5.57 Å². The lowest BCUT2D eigenvalue weighted by Crippen LogP contribution is -2.45. The Balaban J connectivity index is 1.54. The van der Waals surface area contributed by atoms with Crippen LogP contribution in [-0.4, -0.2) is 51.2 Å². The van der Waals surface area contributed by atoms with Crippen molar-refractivity contribution >= 4 is 35.1 Å². The highest BCUT2D eigenvalue weighted by molar-refractivity contribution is 6.30. The van der Waals surface area contributed by atoms with Crippen molar-refractivity contribution in [1.82, 2.24) is 4.90 Å². The largest absolute Gasteiger partial charge is 0.367 e. The zero-order valence-corrected chi connectivity index (χ0v) is 18.5. The van der Waals surface area contributed by atoms with Gasteiger partial charge in [0.2, 0.25) is 0 Å². The maximum absolute atomic E-state index is 15.0. The van der Waals surface area contributed by atoms with Gasteiger partial charge in [0.15, 0.2) is 0 Å². The Hall–Kier alpha value is -2.30. The maximum atomic E-state index is 15.0. The quantitative estimate of drug-likeness (QED) is 0.621. The van der Waals surface area contributed by atoms with Crippen LogP contribution in [0.15, 0.2) is 48.0 Å². The lowest BCUT2D eigenvalue weighted by molar-refractivity contribution is 0.311. The highest BCUT2D eigenvalue weighted by atomic mass is 35.5. The fourth-order valence-electron chi connectivity index (χ4n) is 4.17.